The third kappa shape index (κ3) is 3.24. The van der Waals surface area contributed by atoms with Crippen molar-refractivity contribution in [3.63, 3.8) is 0 Å². The van der Waals surface area contributed by atoms with Gasteiger partial charge in [0, 0.05) is 44.6 Å². The number of nitrogens with zero attached hydrogens (tertiary/aromatic N) is 2. The summed E-state index contributed by atoms with van der Waals surface area (Å²) in [4.78, 5) is 15.2. The fourth-order valence-corrected chi connectivity index (χ4v) is 5.12. The Morgan fingerprint density at radius 2 is 1.88 bits per heavy atom. The molecule has 1 aromatic heterocycles. The van der Waals surface area contributed by atoms with Crippen LogP contribution in [0.15, 0.2) is 24.5 Å². The first-order valence-corrected chi connectivity index (χ1v) is 9.83. The van der Waals surface area contributed by atoms with Crippen molar-refractivity contribution in [3.05, 3.63) is 24.5 Å². The molecule has 1 aliphatic carbocycles. The normalized spacial score (nSPS) is 32.2. The molecule has 1 saturated carbocycles. The molecule has 1 aromatic rings. The summed E-state index contributed by atoms with van der Waals surface area (Å²) in [6.45, 7) is 2.86. The summed E-state index contributed by atoms with van der Waals surface area (Å²) in [7, 11) is 0. The van der Waals surface area contributed by atoms with Gasteiger partial charge in [-0.2, -0.15) is 0 Å². The van der Waals surface area contributed by atoms with Crippen LogP contribution < -0.4 is 0 Å². The van der Waals surface area contributed by atoms with Crippen molar-refractivity contribution in [1.29, 1.82) is 0 Å². The third-order valence-corrected chi connectivity index (χ3v) is 6.84. The third-order valence-electron chi connectivity index (χ3n) is 6.84. The predicted octanol–water partition coefficient (Wildman–Crippen LogP) is 2.54. The van der Waals surface area contributed by atoms with Gasteiger partial charge in [-0.25, -0.2) is 0 Å². The number of hydrogen-bond donors (Lipinski definition) is 1. The van der Waals surface area contributed by atoms with Crippen LogP contribution in [0.5, 0.6) is 0 Å². The van der Waals surface area contributed by atoms with Crippen molar-refractivity contribution in [2.45, 2.75) is 62.5 Å². The van der Waals surface area contributed by atoms with E-state index in [-0.39, 0.29) is 17.4 Å². The second-order valence-corrected chi connectivity index (χ2v) is 8.24. The maximum atomic E-state index is 13.1. The molecule has 25 heavy (non-hydrogen) atoms. The van der Waals surface area contributed by atoms with E-state index in [4.69, 9.17) is 4.74 Å². The fourth-order valence-electron chi connectivity index (χ4n) is 5.12. The minimum atomic E-state index is -0.522. The maximum absolute atomic E-state index is 13.1. The van der Waals surface area contributed by atoms with Gasteiger partial charge in [0.25, 0.3) is 0 Å². The lowest BCUT2D eigenvalue weighted by atomic mass is 9.71. The number of amides is 1. The van der Waals surface area contributed by atoms with Crippen LogP contribution >= 0.6 is 0 Å². The van der Waals surface area contributed by atoms with E-state index in [9.17, 15) is 9.90 Å². The highest BCUT2D eigenvalue weighted by molar-refractivity contribution is 5.77. The molecule has 0 unspecified atom stereocenters. The molecule has 1 N–H and O–H groups in total. The number of fused-ring (bicyclic) bond motifs is 1. The molecule has 5 nitrogen and oxygen atoms in total. The minimum absolute atomic E-state index is 0.154. The molecule has 3 fully saturated rings. The first-order valence-electron chi connectivity index (χ1n) is 9.83. The highest BCUT2D eigenvalue weighted by atomic mass is 16.5. The van der Waals surface area contributed by atoms with Crippen LogP contribution in [-0.2, 0) is 15.1 Å². The van der Waals surface area contributed by atoms with Crippen LogP contribution in [0.25, 0.3) is 0 Å². The summed E-state index contributed by atoms with van der Waals surface area (Å²) in [5.41, 5.74) is -0.676. The van der Waals surface area contributed by atoms with Crippen LogP contribution in [0.1, 0.15) is 51.4 Å². The van der Waals surface area contributed by atoms with E-state index in [0.717, 1.165) is 45.1 Å². The number of piperidine rings is 1. The highest BCUT2D eigenvalue weighted by Gasteiger charge is 2.45. The van der Waals surface area contributed by atoms with E-state index >= 15 is 0 Å². The van der Waals surface area contributed by atoms with Crippen molar-refractivity contribution >= 4 is 5.91 Å². The second-order valence-electron chi connectivity index (χ2n) is 8.24. The molecular weight excluding hydrogens is 316 g/mol. The number of ether oxygens (including phenoxy) is 1. The van der Waals surface area contributed by atoms with Crippen molar-refractivity contribution < 1.29 is 14.6 Å². The Morgan fingerprint density at radius 3 is 2.64 bits per heavy atom. The lowest BCUT2D eigenvalue weighted by Crippen LogP contribution is -2.55. The van der Waals surface area contributed by atoms with E-state index in [1.807, 2.05) is 17.0 Å². The monoisotopic (exact) mass is 346 g/mol. The molecule has 0 spiro atoms. The molecule has 138 valence electrons. The van der Waals surface area contributed by atoms with Gasteiger partial charge in [-0.3, -0.25) is 4.79 Å². The van der Waals surface area contributed by atoms with Crippen molar-refractivity contribution in [1.82, 2.24) is 9.47 Å². The molecule has 4 rings (SSSR count). The number of hydrogen-bond acceptors (Lipinski definition) is 3. The summed E-state index contributed by atoms with van der Waals surface area (Å²) in [6, 6.07) is 4.06. The summed E-state index contributed by atoms with van der Waals surface area (Å²) in [6.07, 6.45) is 11.5. The van der Waals surface area contributed by atoms with Crippen LogP contribution in [0.3, 0.4) is 0 Å². The smallest absolute Gasteiger partial charge is 0.224 e. The lowest BCUT2D eigenvalue weighted by Gasteiger charge is -2.48. The number of carbonyl (C=O) groups excluding carboxylic acids is 1. The van der Waals surface area contributed by atoms with Crippen LogP contribution in [-0.4, -0.2) is 52.4 Å². The largest absolute Gasteiger partial charge is 0.389 e. The highest BCUT2D eigenvalue weighted by Crippen LogP contribution is 2.41. The Labute approximate surface area is 150 Å². The zero-order valence-electron chi connectivity index (χ0n) is 15.0. The van der Waals surface area contributed by atoms with Crippen LogP contribution in [0, 0.1) is 5.92 Å². The average molecular weight is 346 g/mol. The Kier molecular flexibility index (Phi) is 4.63. The number of carbonyl (C=O) groups is 1. The quantitative estimate of drug-likeness (QED) is 0.915. The Morgan fingerprint density at radius 1 is 1.12 bits per heavy atom. The van der Waals surface area contributed by atoms with Gasteiger partial charge in [-0.05, 0) is 44.2 Å². The maximum Gasteiger partial charge on any atom is 0.224 e. The average Bonchev–Trinajstić information content (AvgIpc) is 3.17. The van der Waals surface area contributed by atoms with E-state index in [1.54, 1.807) is 0 Å². The molecule has 5 heteroatoms. The first kappa shape index (κ1) is 17.1. The van der Waals surface area contributed by atoms with E-state index in [1.165, 1.54) is 6.42 Å². The number of likely N-dealkylation sites (tertiary alicyclic amines) is 1. The van der Waals surface area contributed by atoms with Crippen LogP contribution in [0.4, 0.5) is 0 Å². The van der Waals surface area contributed by atoms with E-state index in [2.05, 4.69) is 17.0 Å². The van der Waals surface area contributed by atoms with Crippen molar-refractivity contribution in [2.24, 2.45) is 5.92 Å². The van der Waals surface area contributed by atoms with Crippen LogP contribution in [0.2, 0.25) is 0 Å². The van der Waals surface area contributed by atoms with Crippen molar-refractivity contribution in [3.8, 4) is 0 Å². The second kappa shape index (κ2) is 6.76. The molecule has 2 atom stereocenters. The first-order chi connectivity index (χ1) is 12.1. The van der Waals surface area contributed by atoms with E-state index in [0.29, 0.717) is 26.2 Å². The molecule has 0 radical (unpaired) electrons. The number of aliphatic hydroxyl groups is 1. The Bertz CT molecular complexity index is 594. The Hall–Kier alpha value is -1.33. The Balaban J connectivity index is 1.47. The van der Waals surface area contributed by atoms with Gasteiger partial charge in [-0.15, -0.1) is 0 Å². The summed E-state index contributed by atoms with van der Waals surface area (Å²) in [5, 5.41) is 10.9. The molecule has 1 amide bonds. The number of rotatable bonds is 3. The minimum Gasteiger partial charge on any atom is -0.389 e. The zero-order chi connectivity index (χ0) is 17.3. The topological polar surface area (TPSA) is 54.7 Å². The molecule has 2 aliphatic heterocycles. The zero-order valence-corrected chi connectivity index (χ0v) is 15.0. The summed E-state index contributed by atoms with van der Waals surface area (Å²) < 4.78 is 7.78. The van der Waals surface area contributed by atoms with Gasteiger partial charge < -0.3 is 19.3 Å². The SMILES string of the molecule is O=C(CC1(n2cccc2)CCOCC1)N1CC[C@@]2(O)CCCC[C@H]2C1. The van der Waals surface area contributed by atoms with Gasteiger partial charge in [0.05, 0.1) is 17.6 Å². The molecule has 3 heterocycles. The summed E-state index contributed by atoms with van der Waals surface area (Å²) >= 11 is 0. The van der Waals surface area contributed by atoms with E-state index < -0.39 is 5.60 Å². The van der Waals surface area contributed by atoms with Gasteiger partial charge in [0.2, 0.25) is 5.91 Å². The van der Waals surface area contributed by atoms with Gasteiger partial charge in [0.15, 0.2) is 0 Å². The molecule has 2 saturated heterocycles. The molecule has 0 bridgehead atoms. The summed E-state index contributed by atoms with van der Waals surface area (Å²) in [5.74, 6) is 0.499. The van der Waals surface area contributed by atoms with Crippen molar-refractivity contribution in [2.75, 3.05) is 26.3 Å². The van der Waals surface area contributed by atoms with Gasteiger partial charge in [0.1, 0.15) is 0 Å². The predicted molar refractivity (Wildman–Crippen MR) is 95.2 cm³/mol. The van der Waals surface area contributed by atoms with Gasteiger partial charge >= 0.3 is 0 Å². The van der Waals surface area contributed by atoms with Gasteiger partial charge in [-0.1, -0.05) is 12.8 Å². The number of aromatic nitrogens is 1. The molecule has 3 aliphatic rings. The molecular formula is C20H30N2O3. The molecule has 0 aromatic carbocycles. The lowest BCUT2D eigenvalue weighted by molar-refractivity contribution is -0.146. The fraction of sp³-hybridized carbons (Fsp3) is 0.750. The standard InChI is InChI=1S/C20H30N2O3/c23-18(21-12-7-20(24)6-2-1-5-17(20)16-21)15-19(8-13-25-14-9-19)22-10-3-4-11-22/h3-4,10-11,17,24H,1-2,5-9,12-16H2/t17-,20-/m0/s1.